The molecule has 0 unspecified atom stereocenters. The number of rotatable bonds is 7. The van der Waals surface area contributed by atoms with Gasteiger partial charge in [-0.25, -0.2) is 9.97 Å². The Hall–Kier alpha value is -3.77. The average molecular weight is 555 g/mol. The zero-order valence-electron chi connectivity index (χ0n) is 20.7. The van der Waals surface area contributed by atoms with Crippen molar-refractivity contribution in [1.29, 1.82) is 0 Å². The molecule has 0 spiro atoms. The van der Waals surface area contributed by atoms with E-state index >= 15 is 0 Å². The number of hydrogen-bond acceptors (Lipinski definition) is 8. The van der Waals surface area contributed by atoms with Crippen LogP contribution in [0.5, 0.6) is 0 Å². The highest BCUT2D eigenvalue weighted by Crippen LogP contribution is 2.36. The molecular formula is C27H25F3N6O2S. The fourth-order valence-corrected chi connectivity index (χ4v) is 5.24. The number of hydrogen-bond donors (Lipinski definition) is 2. The quantitative estimate of drug-likeness (QED) is 0.399. The minimum Gasteiger partial charge on any atom is -0.341 e. The molecule has 2 N–H and O–H groups in total. The molecule has 0 radical (unpaired) electrons. The molecule has 2 aromatic heterocycles. The van der Waals surface area contributed by atoms with E-state index in [0.717, 1.165) is 50.3 Å². The Kier molecular flexibility index (Phi) is 7.94. The standard InChI is InChI=1S/C27H25F3N6O2S/c28-27(29,30)21-6-2-1-5-20(21)22-7-3-4-19(33-22)16-31-15-17-9-12-36(13-10-17)25-32-11-8-18(34-25)14-23-24(37)35-26(38)39-23/h1-8,11,14,17,31H,9-10,12-13,15-16H2,(H,35,37,38)/b23-14+. The minimum atomic E-state index is -4.45. The molecule has 3 aromatic rings. The van der Waals surface area contributed by atoms with Gasteiger partial charge >= 0.3 is 6.18 Å². The van der Waals surface area contributed by atoms with E-state index < -0.39 is 22.9 Å². The number of amides is 2. The first kappa shape index (κ1) is 26.8. The van der Waals surface area contributed by atoms with Crippen molar-refractivity contribution in [3.63, 3.8) is 0 Å². The van der Waals surface area contributed by atoms with Crippen LogP contribution < -0.4 is 15.5 Å². The number of nitrogens with zero attached hydrogens (tertiary/aromatic N) is 4. The number of halogens is 3. The van der Waals surface area contributed by atoms with E-state index in [1.165, 1.54) is 12.1 Å². The first-order valence-electron chi connectivity index (χ1n) is 12.4. The molecule has 202 valence electrons. The van der Waals surface area contributed by atoms with Gasteiger partial charge in [0, 0.05) is 31.4 Å². The molecule has 0 atom stereocenters. The monoisotopic (exact) mass is 554 g/mol. The fourth-order valence-electron chi connectivity index (χ4n) is 4.57. The van der Waals surface area contributed by atoms with E-state index in [9.17, 15) is 22.8 Å². The number of nitrogens with one attached hydrogen (secondary N) is 2. The lowest BCUT2D eigenvalue weighted by molar-refractivity contribution is -0.137. The Morgan fingerprint density at radius 2 is 1.85 bits per heavy atom. The molecule has 2 aliphatic rings. The third-order valence-electron chi connectivity index (χ3n) is 6.54. The summed E-state index contributed by atoms with van der Waals surface area (Å²) in [5.41, 5.74) is 0.909. The molecule has 5 rings (SSSR count). The van der Waals surface area contributed by atoms with Crippen LogP contribution in [-0.4, -0.2) is 45.7 Å². The summed E-state index contributed by atoms with van der Waals surface area (Å²) in [6.45, 7) is 2.74. The molecule has 2 amide bonds. The van der Waals surface area contributed by atoms with Crippen molar-refractivity contribution in [2.24, 2.45) is 5.92 Å². The SMILES string of the molecule is O=C1NC(=O)/C(=C\c2ccnc(N3CCC(CNCc4cccc(-c5ccccc5C(F)(F)F)n4)CC3)n2)S1. The normalized spacial score (nSPS) is 17.6. The second-order valence-electron chi connectivity index (χ2n) is 9.25. The molecule has 0 aliphatic carbocycles. The minimum absolute atomic E-state index is 0.0699. The van der Waals surface area contributed by atoms with Crippen molar-refractivity contribution in [2.45, 2.75) is 25.6 Å². The van der Waals surface area contributed by atoms with Gasteiger partial charge < -0.3 is 10.2 Å². The number of imide groups is 1. The van der Waals surface area contributed by atoms with Crippen molar-refractivity contribution in [3.8, 4) is 11.3 Å². The highest BCUT2D eigenvalue weighted by Gasteiger charge is 2.33. The zero-order chi connectivity index (χ0) is 27.4. The van der Waals surface area contributed by atoms with E-state index in [1.54, 1.807) is 42.6 Å². The highest BCUT2D eigenvalue weighted by molar-refractivity contribution is 8.18. The largest absolute Gasteiger partial charge is 0.417 e. The van der Waals surface area contributed by atoms with E-state index in [2.05, 4.69) is 30.5 Å². The highest BCUT2D eigenvalue weighted by atomic mass is 32.2. The summed E-state index contributed by atoms with van der Waals surface area (Å²) in [7, 11) is 0. The van der Waals surface area contributed by atoms with E-state index in [-0.39, 0.29) is 5.56 Å². The Labute approximate surface area is 227 Å². The van der Waals surface area contributed by atoms with Gasteiger partial charge in [0.05, 0.1) is 27.6 Å². The summed E-state index contributed by atoms with van der Waals surface area (Å²) in [6.07, 6.45) is 0.603. The van der Waals surface area contributed by atoms with Crippen LogP contribution in [0.2, 0.25) is 0 Å². The van der Waals surface area contributed by atoms with Gasteiger partial charge in [0.25, 0.3) is 11.1 Å². The number of thioether (sulfide) groups is 1. The van der Waals surface area contributed by atoms with Gasteiger partial charge in [-0.3, -0.25) is 19.9 Å². The van der Waals surface area contributed by atoms with Gasteiger partial charge in [0.2, 0.25) is 5.95 Å². The van der Waals surface area contributed by atoms with Crippen LogP contribution in [0.3, 0.4) is 0 Å². The molecule has 39 heavy (non-hydrogen) atoms. The van der Waals surface area contributed by atoms with Gasteiger partial charge in [-0.1, -0.05) is 24.3 Å². The summed E-state index contributed by atoms with van der Waals surface area (Å²) in [5, 5.41) is 5.23. The maximum Gasteiger partial charge on any atom is 0.417 e. The van der Waals surface area contributed by atoms with Crippen molar-refractivity contribution in [3.05, 3.63) is 76.6 Å². The summed E-state index contributed by atoms with van der Waals surface area (Å²) in [6, 6.07) is 12.3. The number of anilines is 1. The lowest BCUT2D eigenvalue weighted by Gasteiger charge is -2.32. The summed E-state index contributed by atoms with van der Waals surface area (Å²) in [5.74, 6) is 0.572. The van der Waals surface area contributed by atoms with Crippen LogP contribution in [0.1, 0.15) is 29.8 Å². The Morgan fingerprint density at radius 1 is 1.05 bits per heavy atom. The molecule has 4 heterocycles. The molecule has 12 heteroatoms. The fraction of sp³-hybridized carbons (Fsp3) is 0.296. The first-order chi connectivity index (χ1) is 18.8. The molecular weight excluding hydrogens is 529 g/mol. The van der Waals surface area contributed by atoms with Crippen LogP contribution in [0.25, 0.3) is 17.3 Å². The van der Waals surface area contributed by atoms with Gasteiger partial charge in [0.15, 0.2) is 0 Å². The van der Waals surface area contributed by atoms with Crippen LogP contribution in [0, 0.1) is 5.92 Å². The molecule has 1 aromatic carbocycles. The van der Waals surface area contributed by atoms with Crippen molar-refractivity contribution in [2.75, 3.05) is 24.5 Å². The lowest BCUT2D eigenvalue weighted by atomic mass is 9.97. The number of carbonyl (C=O) groups excluding carboxylic acids is 2. The second-order valence-corrected chi connectivity index (χ2v) is 10.3. The van der Waals surface area contributed by atoms with Crippen LogP contribution in [0.15, 0.2) is 59.6 Å². The smallest absolute Gasteiger partial charge is 0.341 e. The molecule has 0 saturated carbocycles. The maximum absolute atomic E-state index is 13.4. The average Bonchev–Trinajstić information content (AvgIpc) is 3.25. The number of carbonyl (C=O) groups is 2. The zero-order valence-corrected chi connectivity index (χ0v) is 21.6. The number of benzene rings is 1. The van der Waals surface area contributed by atoms with Crippen molar-refractivity contribution < 1.29 is 22.8 Å². The molecule has 0 bridgehead atoms. The molecule has 2 fully saturated rings. The summed E-state index contributed by atoms with van der Waals surface area (Å²) >= 11 is 0.848. The van der Waals surface area contributed by atoms with Crippen LogP contribution in [0.4, 0.5) is 23.9 Å². The first-order valence-corrected chi connectivity index (χ1v) is 13.2. The van der Waals surface area contributed by atoms with Gasteiger partial charge in [-0.2, -0.15) is 13.2 Å². The van der Waals surface area contributed by atoms with E-state index in [4.69, 9.17) is 0 Å². The number of alkyl halides is 3. The van der Waals surface area contributed by atoms with Crippen molar-refractivity contribution in [1.82, 2.24) is 25.6 Å². The molecule has 8 nitrogen and oxygen atoms in total. The Bertz CT molecular complexity index is 1410. The lowest BCUT2D eigenvalue weighted by Crippen LogP contribution is -2.38. The van der Waals surface area contributed by atoms with Gasteiger partial charge in [-0.05, 0) is 67.4 Å². The Balaban J connectivity index is 1.13. The van der Waals surface area contributed by atoms with Crippen LogP contribution in [-0.2, 0) is 17.5 Å². The number of piperidine rings is 1. The van der Waals surface area contributed by atoms with E-state index in [0.29, 0.717) is 40.4 Å². The van der Waals surface area contributed by atoms with E-state index in [1.807, 2.05) is 0 Å². The second kappa shape index (κ2) is 11.5. The molecule has 2 aliphatic heterocycles. The van der Waals surface area contributed by atoms with Gasteiger partial charge in [0.1, 0.15) is 0 Å². The third-order valence-corrected chi connectivity index (χ3v) is 7.35. The van der Waals surface area contributed by atoms with Gasteiger partial charge in [-0.15, -0.1) is 0 Å². The Morgan fingerprint density at radius 3 is 2.59 bits per heavy atom. The maximum atomic E-state index is 13.4. The van der Waals surface area contributed by atoms with Crippen LogP contribution >= 0.6 is 11.8 Å². The number of aromatic nitrogens is 3. The number of pyridine rings is 1. The third kappa shape index (κ3) is 6.63. The van der Waals surface area contributed by atoms with Crippen molar-refractivity contribution >= 4 is 34.9 Å². The predicted molar refractivity (Wildman–Crippen MR) is 142 cm³/mol. The topological polar surface area (TPSA) is 100 Å². The summed E-state index contributed by atoms with van der Waals surface area (Å²) in [4.78, 5) is 38.9. The summed E-state index contributed by atoms with van der Waals surface area (Å²) < 4.78 is 40.3. The predicted octanol–water partition coefficient (Wildman–Crippen LogP) is 4.89. The molecule has 2 saturated heterocycles.